The second kappa shape index (κ2) is 7.04. The molecule has 112 valence electrons. The SMILES string of the molecule is Cc1csc(CNC(=O)N2CCOCC2CC(C)C)n1. The highest BCUT2D eigenvalue weighted by atomic mass is 32.1. The number of carbonyl (C=O) groups is 1. The molecule has 0 aliphatic carbocycles. The van der Waals surface area contributed by atoms with Crippen LogP contribution in [0.1, 0.15) is 31.0 Å². The van der Waals surface area contributed by atoms with E-state index in [1.807, 2.05) is 17.2 Å². The number of ether oxygens (including phenoxy) is 1. The molecule has 2 amide bonds. The van der Waals surface area contributed by atoms with Crippen molar-refractivity contribution in [2.75, 3.05) is 19.8 Å². The van der Waals surface area contributed by atoms with Gasteiger partial charge in [-0.2, -0.15) is 0 Å². The number of aromatic nitrogens is 1. The fourth-order valence-electron chi connectivity index (χ4n) is 2.40. The quantitative estimate of drug-likeness (QED) is 0.928. The minimum Gasteiger partial charge on any atom is -0.377 e. The largest absolute Gasteiger partial charge is 0.377 e. The van der Waals surface area contributed by atoms with Crippen molar-refractivity contribution in [3.05, 3.63) is 16.1 Å². The molecule has 0 bridgehead atoms. The van der Waals surface area contributed by atoms with Gasteiger partial charge >= 0.3 is 6.03 Å². The van der Waals surface area contributed by atoms with Crippen LogP contribution in [0.5, 0.6) is 0 Å². The number of hydrogen-bond acceptors (Lipinski definition) is 4. The van der Waals surface area contributed by atoms with Crippen molar-refractivity contribution in [1.29, 1.82) is 0 Å². The van der Waals surface area contributed by atoms with E-state index in [1.165, 1.54) is 0 Å². The van der Waals surface area contributed by atoms with Gasteiger partial charge in [-0.15, -0.1) is 11.3 Å². The lowest BCUT2D eigenvalue weighted by atomic mass is 10.0. The average Bonchev–Trinajstić information content (AvgIpc) is 2.82. The molecule has 6 heteroatoms. The van der Waals surface area contributed by atoms with Crippen LogP contribution < -0.4 is 5.32 Å². The minimum atomic E-state index is -0.00759. The Morgan fingerprint density at radius 1 is 1.65 bits per heavy atom. The first-order chi connectivity index (χ1) is 9.56. The molecule has 0 radical (unpaired) electrons. The number of morpholine rings is 1. The van der Waals surface area contributed by atoms with Crippen molar-refractivity contribution in [2.24, 2.45) is 5.92 Å². The minimum absolute atomic E-state index is 0.00759. The van der Waals surface area contributed by atoms with Crippen LogP contribution in [0.3, 0.4) is 0 Å². The number of carbonyl (C=O) groups excluding carboxylic acids is 1. The topological polar surface area (TPSA) is 54.5 Å². The Kier molecular flexibility index (Phi) is 5.37. The van der Waals surface area contributed by atoms with E-state index in [2.05, 4.69) is 24.1 Å². The van der Waals surface area contributed by atoms with Crippen LogP contribution in [-0.2, 0) is 11.3 Å². The van der Waals surface area contributed by atoms with Gasteiger partial charge in [0.25, 0.3) is 0 Å². The van der Waals surface area contributed by atoms with Crippen molar-refractivity contribution in [1.82, 2.24) is 15.2 Å². The van der Waals surface area contributed by atoms with E-state index in [0.717, 1.165) is 17.1 Å². The smallest absolute Gasteiger partial charge is 0.318 e. The van der Waals surface area contributed by atoms with Gasteiger partial charge in [-0.25, -0.2) is 9.78 Å². The summed E-state index contributed by atoms with van der Waals surface area (Å²) in [5.74, 6) is 0.554. The Morgan fingerprint density at radius 3 is 3.10 bits per heavy atom. The Labute approximate surface area is 124 Å². The van der Waals surface area contributed by atoms with E-state index in [-0.39, 0.29) is 12.1 Å². The molecule has 1 unspecified atom stereocenters. The molecule has 0 saturated carbocycles. The van der Waals surface area contributed by atoms with E-state index in [4.69, 9.17) is 4.74 Å². The van der Waals surface area contributed by atoms with Crippen molar-refractivity contribution >= 4 is 17.4 Å². The van der Waals surface area contributed by atoms with Crippen molar-refractivity contribution in [3.63, 3.8) is 0 Å². The monoisotopic (exact) mass is 297 g/mol. The maximum absolute atomic E-state index is 12.3. The van der Waals surface area contributed by atoms with Crippen LogP contribution in [0.2, 0.25) is 0 Å². The predicted octanol–water partition coefficient (Wildman–Crippen LogP) is 2.41. The molecule has 1 saturated heterocycles. The van der Waals surface area contributed by atoms with Gasteiger partial charge in [0, 0.05) is 17.6 Å². The molecular formula is C14H23N3O2S. The lowest BCUT2D eigenvalue weighted by Crippen LogP contribution is -2.52. The molecule has 2 rings (SSSR count). The summed E-state index contributed by atoms with van der Waals surface area (Å²) in [5.41, 5.74) is 1.00. The molecule has 1 atom stereocenters. The van der Waals surface area contributed by atoms with E-state index in [1.54, 1.807) is 11.3 Å². The highest BCUT2D eigenvalue weighted by molar-refractivity contribution is 7.09. The Hall–Kier alpha value is -1.14. The van der Waals surface area contributed by atoms with Crippen LogP contribution in [0, 0.1) is 12.8 Å². The summed E-state index contributed by atoms with van der Waals surface area (Å²) in [5, 5.41) is 5.91. The number of amides is 2. The summed E-state index contributed by atoms with van der Waals surface area (Å²) in [7, 11) is 0. The molecule has 2 heterocycles. The lowest BCUT2D eigenvalue weighted by Gasteiger charge is -2.36. The molecule has 1 N–H and O–H groups in total. The first kappa shape index (κ1) is 15.3. The summed E-state index contributed by atoms with van der Waals surface area (Å²) in [6.45, 7) is 8.73. The second-order valence-electron chi connectivity index (χ2n) is 5.59. The normalized spacial score (nSPS) is 19.4. The highest BCUT2D eigenvalue weighted by Crippen LogP contribution is 2.16. The average molecular weight is 297 g/mol. The van der Waals surface area contributed by atoms with Gasteiger partial charge in [0.1, 0.15) is 5.01 Å². The molecule has 1 aromatic rings. The molecular weight excluding hydrogens is 274 g/mol. The number of nitrogens with zero attached hydrogens (tertiary/aromatic N) is 2. The molecule has 1 aromatic heterocycles. The first-order valence-electron chi connectivity index (χ1n) is 7.09. The number of nitrogens with one attached hydrogen (secondary N) is 1. The third-order valence-corrected chi connectivity index (χ3v) is 4.26. The maximum atomic E-state index is 12.3. The first-order valence-corrected chi connectivity index (χ1v) is 7.97. The molecule has 20 heavy (non-hydrogen) atoms. The number of rotatable bonds is 4. The summed E-state index contributed by atoms with van der Waals surface area (Å²) in [6, 6.07) is 0.175. The number of urea groups is 1. The zero-order valence-corrected chi connectivity index (χ0v) is 13.2. The fourth-order valence-corrected chi connectivity index (χ4v) is 3.11. The van der Waals surface area contributed by atoms with Gasteiger partial charge < -0.3 is 15.0 Å². The van der Waals surface area contributed by atoms with Gasteiger partial charge in [-0.1, -0.05) is 13.8 Å². The van der Waals surface area contributed by atoms with Crippen LogP contribution in [0.25, 0.3) is 0 Å². The predicted molar refractivity (Wildman–Crippen MR) is 79.9 cm³/mol. The third kappa shape index (κ3) is 4.18. The van der Waals surface area contributed by atoms with Crippen molar-refractivity contribution in [3.8, 4) is 0 Å². The van der Waals surface area contributed by atoms with Gasteiger partial charge in [0.15, 0.2) is 0 Å². The fraction of sp³-hybridized carbons (Fsp3) is 0.714. The van der Waals surface area contributed by atoms with Crippen LogP contribution in [0.15, 0.2) is 5.38 Å². The summed E-state index contributed by atoms with van der Waals surface area (Å²) in [4.78, 5) is 18.6. The van der Waals surface area contributed by atoms with Crippen molar-refractivity contribution in [2.45, 2.75) is 39.8 Å². The number of aryl methyl sites for hydroxylation is 1. The Morgan fingerprint density at radius 2 is 2.45 bits per heavy atom. The molecule has 0 aromatic carbocycles. The third-order valence-electron chi connectivity index (χ3n) is 3.29. The van der Waals surface area contributed by atoms with E-state index < -0.39 is 0 Å². The Balaban J connectivity index is 1.88. The Bertz CT molecular complexity index is 447. The summed E-state index contributed by atoms with van der Waals surface area (Å²) in [6.07, 6.45) is 0.976. The molecule has 1 aliphatic heterocycles. The molecule has 5 nitrogen and oxygen atoms in total. The standard InChI is InChI=1S/C14H23N3O2S/c1-10(2)6-12-8-19-5-4-17(12)14(18)15-7-13-16-11(3)9-20-13/h9-10,12H,4-8H2,1-3H3,(H,15,18). The van der Waals surface area contributed by atoms with Crippen LogP contribution >= 0.6 is 11.3 Å². The zero-order chi connectivity index (χ0) is 14.5. The lowest BCUT2D eigenvalue weighted by molar-refractivity contribution is 0.00551. The molecule has 1 fully saturated rings. The second-order valence-corrected chi connectivity index (χ2v) is 6.54. The summed E-state index contributed by atoms with van der Waals surface area (Å²) < 4.78 is 5.50. The van der Waals surface area contributed by atoms with Crippen LogP contribution in [-0.4, -0.2) is 41.7 Å². The highest BCUT2D eigenvalue weighted by Gasteiger charge is 2.27. The molecule has 1 aliphatic rings. The van der Waals surface area contributed by atoms with E-state index in [9.17, 15) is 4.79 Å². The molecule has 0 spiro atoms. The van der Waals surface area contributed by atoms with Gasteiger partial charge in [-0.3, -0.25) is 0 Å². The zero-order valence-electron chi connectivity index (χ0n) is 12.4. The van der Waals surface area contributed by atoms with Crippen LogP contribution in [0.4, 0.5) is 4.79 Å². The number of hydrogen-bond donors (Lipinski definition) is 1. The summed E-state index contributed by atoms with van der Waals surface area (Å²) >= 11 is 1.58. The van der Waals surface area contributed by atoms with Gasteiger partial charge in [0.05, 0.1) is 25.8 Å². The van der Waals surface area contributed by atoms with Gasteiger partial charge in [0.2, 0.25) is 0 Å². The maximum Gasteiger partial charge on any atom is 0.318 e. The van der Waals surface area contributed by atoms with E-state index >= 15 is 0 Å². The van der Waals surface area contributed by atoms with Gasteiger partial charge in [-0.05, 0) is 19.3 Å². The van der Waals surface area contributed by atoms with E-state index in [0.29, 0.717) is 32.2 Å². The van der Waals surface area contributed by atoms with Crippen molar-refractivity contribution < 1.29 is 9.53 Å². The number of thiazole rings is 1.